The van der Waals surface area contributed by atoms with Crippen LogP contribution in [0, 0.1) is 5.92 Å². The summed E-state index contributed by atoms with van der Waals surface area (Å²) in [4.78, 5) is 0. The van der Waals surface area contributed by atoms with E-state index in [4.69, 9.17) is 20.1 Å². The summed E-state index contributed by atoms with van der Waals surface area (Å²) in [5.41, 5.74) is 2.89. The molecule has 1 aromatic rings. The lowest BCUT2D eigenvalue weighted by molar-refractivity contribution is -0.00854. The molecule has 5 heteroatoms. The maximum Gasteiger partial charge on any atom is 0.161 e. The first kappa shape index (κ1) is 12.7. The highest BCUT2D eigenvalue weighted by Crippen LogP contribution is 2.33. The average Bonchev–Trinajstić information content (AvgIpc) is 2.49. The molecular weight excluding hydrogens is 244 g/mol. The molecule has 0 saturated carbocycles. The molecule has 104 valence electrons. The van der Waals surface area contributed by atoms with Crippen LogP contribution in [0.15, 0.2) is 24.3 Å². The van der Waals surface area contributed by atoms with E-state index in [1.807, 2.05) is 24.3 Å². The van der Waals surface area contributed by atoms with Crippen LogP contribution >= 0.6 is 0 Å². The van der Waals surface area contributed by atoms with Gasteiger partial charge in [-0.1, -0.05) is 12.1 Å². The molecule has 3 N–H and O–H groups in total. The van der Waals surface area contributed by atoms with Gasteiger partial charge in [0, 0.05) is 12.5 Å². The molecule has 1 aromatic carbocycles. The summed E-state index contributed by atoms with van der Waals surface area (Å²) in [6.45, 7) is 2.09. The van der Waals surface area contributed by atoms with Gasteiger partial charge in [0.15, 0.2) is 11.5 Å². The largest absolute Gasteiger partial charge is 0.486 e. The second-order valence-corrected chi connectivity index (χ2v) is 5.08. The van der Waals surface area contributed by atoms with Gasteiger partial charge in [0.05, 0.1) is 12.6 Å². The van der Waals surface area contributed by atoms with Gasteiger partial charge in [-0.05, 0) is 25.0 Å². The maximum atomic E-state index is 6.02. The monoisotopic (exact) mass is 264 g/mol. The SMILES string of the molecule is NNC(C1CCCOC1)C1COc2ccccc2O1. The molecule has 2 aliphatic heterocycles. The van der Waals surface area contributed by atoms with Crippen LogP contribution in [0.4, 0.5) is 0 Å². The number of fused-ring (bicyclic) bond motifs is 1. The number of para-hydroxylation sites is 2. The van der Waals surface area contributed by atoms with Gasteiger partial charge >= 0.3 is 0 Å². The fourth-order valence-electron chi connectivity index (χ4n) is 2.81. The standard InChI is InChI=1S/C14H20N2O3/c15-16-14(10-4-3-7-17-8-10)13-9-18-11-5-1-2-6-12(11)19-13/h1-2,5-6,10,13-14,16H,3-4,7-9,15H2. The number of hydrazine groups is 1. The Morgan fingerprint density at radius 2 is 2.05 bits per heavy atom. The molecule has 19 heavy (non-hydrogen) atoms. The van der Waals surface area contributed by atoms with Gasteiger partial charge in [-0.15, -0.1) is 0 Å². The Morgan fingerprint density at radius 1 is 1.21 bits per heavy atom. The van der Waals surface area contributed by atoms with E-state index in [-0.39, 0.29) is 12.1 Å². The van der Waals surface area contributed by atoms with Gasteiger partial charge in [-0.3, -0.25) is 11.3 Å². The Balaban J connectivity index is 1.71. The van der Waals surface area contributed by atoms with Crippen molar-refractivity contribution in [1.82, 2.24) is 5.43 Å². The van der Waals surface area contributed by atoms with Crippen LogP contribution in [-0.2, 0) is 4.74 Å². The molecule has 3 rings (SSSR count). The quantitative estimate of drug-likeness (QED) is 0.632. The summed E-state index contributed by atoms with van der Waals surface area (Å²) in [6, 6.07) is 7.77. The normalized spacial score (nSPS) is 27.8. The molecule has 0 radical (unpaired) electrons. The van der Waals surface area contributed by atoms with Crippen LogP contribution in [0.25, 0.3) is 0 Å². The van der Waals surface area contributed by atoms with Crippen LogP contribution in [0.1, 0.15) is 12.8 Å². The summed E-state index contributed by atoms with van der Waals surface area (Å²) in [7, 11) is 0. The minimum Gasteiger partial charge on any atom is -0.486 e. The van der Waals surface area contributed by atoms with Crippen LogP contribution < -0.4 is 20.7 Å². The molecule has 0 amide bonds. The summed E-state index contributed by atoms with van der Waals surface area (Å²) < 4.78 is 17.3. The second-order valence-electron chi connectivity index (χ2n) is 5.08. The van der Waals surface area contributed by atoms with Crippen LogP contribution in [0.5, 0.6) is 11.5 Å². The Kier molecular flexibility index (Phi) is 3.87. The minimum absolute atomic E-state index is 0.0497. The van der Waals surface area contributed by atoms with Crippen molar-refractivity contribution in [2.45, 2.75) is 25.0 Å². The van der Waals surface area contributed by atoms with E-state index in [1.54, 1.807) is 0 Å². The summed E-state index contributed by atoms with van der Waals surface area (Å²) in [5, 5.41) is 0. The Morgan fingerprint density at radius 3 is 2.79 bits per heavy atom. The number of rotatable bonds is 3. The number of ether oxygens (including phenoxy) is 3. The van der Waals surface area contributed by atoms with E-state index in [0.717, 1.165) is 37.6 Å². The molecule has 0 spiro atoms. The van der Waals surface area contributed by atoms with Gasteiger partial charge in [-0.25, -0.2) is 0 Å². The molecular formula is C14H20N2O3. The van der Waals surface area contributed by atoms with Gasteiger partial charge in [0.1, 0.15) is 12.7 Å². The first-order chi connectivity index (χ1) is 9.38. The third-order valence-corrected chi connectivity index (χ3v) is 3.83. The van der Waals surface area contributed by atoms with E-state index < -0.39 is 0 Å². The van der Waals surface area contributed by atoms with E-state index >= 15 is 0 Å². The van der Waals surface area contributed by atoms with Gasteiger partial charge in [-0.2, -0.15) is 0 Å². The van der Waals surface area contributed by atoms with E-state index in [0.29, 0.717) is 12.5 Å². The molecule has 3 atom stereocenters. The summed E-state index contributed by atoms with van der Waals surface area (Å²) >= 11 is 0. The number of hydrogen-bond acceptors (Lipinski definition) is 5. The highest BCUT2D eigenvalue weighted by atomic mass is 16.6. The summed E-state index contributed by atoms with van der Waals surface area (Å²) in [5.74, 6) is 7.67. The van der Waals surface area contributed by atoms with Crippen LogP contribution in [0.3, 0.4) is 0 Å². The molecule has 5 nitrogen and oxygen atoms in total. The van der Waals surface area contributed by atoms with Crippen molar-refractivity contribution in [3.63, 3.8) is 0 Å². The van der Waals surface area contributed by atoms with Crippen molar-refractivity contribution >= 4 is 0 Å². The lowest BCUT2D eigenvalue weighted by Crippen LogP contribution is -2.55. The van der Waals surface area contributed by atoms with Crippen molar-refractivity contribution in [1.29, 1.82) is 0 Å². The molecule has 1 saturated heterocycles. The number of nitrogens with one attached hydrogen (secondary N) is 1. The van der Waals surface area contributed by atoms with E-state index in [2.05, 4.69) is 5.43 Å². The van der Waals surface area contributed by atoms with Crippen molar-refractivity contribution in [3.05, 3.63) is 24.3 Å². The lowest BCUT2D eigenvalue weighted by Gasteiger charge is -2.37. The predicted molar refractivity (Wildman–Crippen MR) is 71.0 cm³/mol. The first-order valence-corrected chi connectivity index (χ1v) is 6.81. The smallest absolute Gasteiger partial charge is 0.161 e. The Hall–Kier alpha value is -1.30. The number of benzene rings is 1. The summed E-state index contributed by atoms with van der Waals surface area (Å²) in [6.07, 6.45) is 2.11. The molecule has 0 aliphatic carbocycles. The number of hydrogen-bond donors (Lipinski definition) is 2. The van der Waals surface area contributed by atoms with Crippen molar-refractivity contribution in [2.75, 3.05) is 19.8 Å². The molecule has 0 aromatic heterocycles. The molecule has 2 heterocycles. The fourth-order valence-corrected chi connectivity index (χ4v) is 2.81. The Labute approximate surface area is 113 Å². The zero-order chi connectivity index (χ0) is 13.1. The highest BCUT2D eigenvalue weighted by Gasteiger charge is 2.34. The van der Waals surface area contributed by atoms with Crippen LogP contribution in [0.2, 0.25) is 0 Å². The topological polar surface area (TPSA) is 65.7 Å². The van der Waals surface area contributed by atoms with Gasteiger partial charge < -0.3 is 14.2 Å². The first-order valence-electron chi connectivity index (χ1n) is 6.81. The fraction of sp³-hybridized carbons (Fsp3) is 0.571. The van der Waals surface area contributed by atoms with Crippen molar-refractivity contribution in [3.8, 4) is 11.5 Å². The third-order valence-electron chi connectivity index (χ3n) is 3.83. The lowest BCUT2D eigenvalue weighted by atomic mass is 9.90. The molecule has 3 unspecified atom stereocenters. The van der Waals surface area contributed by atoms with Gasteiger partial charge in [0.2, 0.25) is 0 Å². The third kappa shape index (κ3) is 2.68. The number of nitrogens with two attached hydrogens (primary N) is 1. The zero-order valence-electron chi connectivity index (χ0n) is 10.9. The Bertz CT molecular complexity index is 421. The second kappa shape index (κ2) is 5.77. The molecule has 2 aliphatic rings. The highest BCUT2D eigenvalue weighted by molar-refractivity contribution is 5.40. The van der Waals surface area contributed by atoms with E-state index in [9.17, 15) is 0 Å². The van der Waals surface area contributed by atoms with Gasteiger partial charge in [0.25, 0.3) is 0 Å². The predicted octanol–water partition coefficient (Wildman–Crippen LogP) is 1.08. The van der Waals surface area contributed by atoms with E-state index in [1.165, 1.54) is 0 Å². The zero-order valence-corrected chi connectivity index (χ0v) is 10.9. The maximum absolute atomic E-state index is 6.02. The van der Waals surface area contributed by atoms with Crippen molar-refractivity contribution < 1.29 is 14.2 Å². The van der Waals surface area contributed by atoms with Crippen molar-refractivity contribution in [2.24, 2.45) is 11.8 Å². The molecule has 0 bridgehead atoms. The average molecular weight is 264 g/mol. The minimum atomic E-state index is -0.0772. The molecule has 1 fully saturated rings. The van der Waals surface area contributed by atoms with Crippen LogP contribution in [-0.4, -0.2) is 32.0 Å².